The average molecular weight is 635 g/mol. The van der Waals surface area contributed by atoms with Crippen molar-refractivity contribution in [1.29, 1.82) is 0 Å². The highest BCUT2D eigenvalue weighted by molar-refractivity contribution is 7.85. The predicted octanol–water partition coefficient (Wildman–Crippen LogP) is 14.7. The molecule has 0 aromatic carbocycles. The van der Waals surface area contributed by atoms with Gasteiger partial charge in [-0.05, 0) is 101 Å². The molecule has 0 rings (SSSR count). The summed E-state index contributed by atoms with van der Waals surface area (Å²) in [7, 11) is 0.232. The fourth-order valence-corrected chi connectivity index (χ4v) is 27.9. The van der Waals surface area contributed by atoms with Gasteiger partial charge in [0, 0.05) is 9.79 Å². The highest BCUT2D eigenvalue weighted by Gasteiger charge is 2.58. The van der Waals surface area contributed by atoms with Crippen LogP contribution in [0.4, 0.5) is 0 Å². The Kier molecular flexibility index (Phi) is 27.1. The van der Waals surface area contributed by atoms with Crippen LogP contribution < -0.4 is 0 Å². The first-order valence-electron chi connectivity index (χ1n) is 18.3. The van der Waals surface area contributed by atoms with Crippen molar-refractivity contribution in [3.05, 3.63) is 0 Å². The molecule has 0 unspecified atom stereocenters. The highest BCUT2D eigenvalue weighted by Crippen LogP contribution is 2.85. The van der Waals surface area contributed by atoms with Crippen LogP contribution in [0.25, 0.3) is 0 Å². The molecule has 0 fully saturated rings. The van der Waals surface area contributed by atoms with Crippen LogP contribution in [0, 0.1) is 0 Å². The summed E-state index contributed by atoms with van der Waals surface area (Å²) in [6, 6.07) is 0. The summed E-state index contributed by atoms with van der Waals surface area (Å²) >= 11 is 0. The van der Waals surface area contributed by atoms with Gasteiger partial charge in [0.05, 0.1) is 0 Å². The molecule has 0 amide bonds. The molecule has 0 saturated heterocycles. The molecular weight excluding hydrogens is 556 g/mol. The van der Waals surface area contributed by atoms with Crippen molar-refractivity contribution >= 4 is 31.7 Å². The zero-order chi connectivity index (χ0) is 30.3. The summed E-state index contributed by atoms with van der Waals surface area (Å²) in [5.74, 6) is 0. The molecule has 0 aliphatic heterocycles. The van der Waals surface area contributed by atoms with Crippen molar-refractivity contribution in [2.45, 2.75) is 182 Å². The van der Waals surface area contributed by atoms with Gasteiger partial charge in [0.15, 0.2) is 0 Å². The van der Waals surface area contributed by atoms with Crippen molar-refractivity contribution < 1.29 is 0 Å². The van der Waals surface area contributed by atoms with E-state index in [-0.39, 0.29) is 31.7 Å². The van der Waals surface area contributed by atoms with Gasteiger partial charge in [-0.1, -0.05) is 152 Å². The summed E-state index contributed by atoms with van der Waals surface area (Å²) in [5, 5.41) is 0. The molecule has 0 N–H and O–H groups in total. The molecule has 0 spiro atoms. The molecule has 0 atom stereocenters. The average Bonchev–Trinajstić information content (AvgIpc) is 2.96. The highest BCUT2D eigenvalue weighted by atomic mass is 31.2. The summed E-state index contributed by atoms with van der Waals surface area (Å²) < 4.78 is 0. The Labute approximate surface area is 262 Å². The first kappa shape index (κ1) is 41.7. The van der Waals surface area contributed by atoms with Crippen LogP contribution in [0.15, 0.2) is 0 Å². The van der Waals surface area contributed by atoms with Crippen molar-refractivity contribution in [2.75, 3.05) is 49.3 Å². The van der Waals surface area contributed by atoms with Gasteiger partial charge < -0.3 is 0 Å². The molecule has 0 aliphatic rings. The fourth-order valence-electron chi connectivity index (χ4n) is 6.58. The third-order valence-electron chi connectivity index (χ3n) is 9.61. The molecule has 0 heterocycles. The maximum Gasteiger partial charge on any atom is 0.0209 e. The van der Waals surface area contributed by atoms with E-state index in [4.69, 9.17) is 0 Å². The van der Waals surface area contributed by atoms with E-state index in [1.54, 1.807) is 49.3 Å². The van der Waals surface area contributed by atoms with Crippen LogP contribution in [-0.2, 0) is 0 Å². The van der Waals surface area contributed by atoms with Gasteiger partial charge in [0.1, 0.15) is 0 Å². The maximum atomic E-state index is 3.03. The van der Waals surface area contributed by atoms with Gasteiger partial charge in [-0.15, -0.1) is 0 Å². The van der Waals surface area contributed by atoms with E-state index < -0.39 is 0 Å². The molecule has 4 heteroatoms. The largest absolute Gasteiger partial charge is 0.0949 e. The first-order chi connectivity index (χ1) is 19.3. The Bertz CT molecular complexity index is 431. The number of unbranched alkanes of at least 4 members (excludes halogenated alkanes) is 8. The molecule has 0 bridgehead atoms. The molecular formula is C36H78P4. The Morgan fingerprint density at radius 2 is 0.400 bits per heavy atom. The summed E-state index contributed by atoms with van der Waals surface area (Å²) in [6.45, 7) is 25.8. The second-order valence-corrected chi connectivity index (χ2v) is 25.0. The van der Waals surface area contributed by atoms with E-state index in [0.29, 0.717) is 9.79 Å². The minimum Gasteiger partial charge on any atom is -0.0949 e. The SMILES string of the molecule is CCCCP(CCCC)C(C)(P(CCCC)CCCC)C(C)(P(CCCC)CCCC)P(CCCC)CCCC. The van der Waals surface area contributed by atoms with E-state index in [9.17, 15) is 0 Å². The van der Waals surface area contributed by atoms with Crippen molar-refractivity contribution in [2.24, 2.45) is 0 Å². The smallest absolute Gasteiger partial charge is 0.0209 e. The molecule has 0 saturated carbocycles. The van der Waals surface area contributed by atoms with Gasteiger partial charge in [-0.3, -0.25) is 0 Å². The van der Waals surface area contributed by atoms with Crippen LogP contribution in [0.3, 0.4) is 0 Å². The second-order valence-electron chi connectivity index (χ2n) is 12.8. The van der Waals surface area contributed by atoms with Gasteiger partial charge in [0.25, 0.3) is 0 Å². The molecule has 0 nitrogen and oxygen atoms in total. The Hall–Kier alpha value is 1.72. The lowest BCUT2D eigenvalue weighted by Crippen LogP contribution is -2.48. The molecule has 242 valence electrons. The van der Waals surface area contributed by atoms with Gasteiger partial charge in [0.2, 0.25) is 0 Å². The third kappa shape index (κ3) is 13.4. The van der Waals surface area contributed by atoms with Crippen LogP contribution in [0.5, 0.6) is 0 Å². The minimum atomic E-state index is 0.0580. The normalized spacial score (nSPS) is 13.1. The fraction of sp³-hybridized carbons (Fsp3) is 1.00. The monoisotopic (exact) mass is 635 g/mol. The summed E-state index contributed by atoms with van der Waals surface area (Å²) in [6.07, 6.45) is 35.6. The number of rotatable bonds is 29. The van der Waals surface area contributed by atoms with Crippen LogP contribution in [-0.4, -0.2) is 59.1 Å². The van der Waals surface area contributed by atoms with Gasteiger partial charge >= 0.3 is 0 Å². The second kappa shape index (κ2) is 26.0. The van der Waals surface area contributed by atoms with Crippen molar-refractivity contribution in [3.63, 3.8) is 0 Å². The lowest BCUT2D eigenvalue weighted by Gasteiger charge is -2.62. The first-order valence-corrected chi connectivity index (χ1v) is 25.2. The molecule has 0 aromatic rings. The van der Waals surface area contributed by atoms with E-state index in [1.807, 2.05) is 0 Å². The van der Waals surface area contributed by atoms with E-state index in [1.165, 1.54) is 103 Å². The Balaban J connectivity index is 7.51. The van der Waals surface area contributed by atoms with Crippen molar-refractivity contribution in [3.8, 4) is 0 Å². The van der Waals surface area contributed by atoms with Crippen LogP contribution in [0.1, 0.15) is 172 Å². The van der Waals surface area contributed by atoms with Gasteiger partial charge in [-0.25, -0.2) is 0 Å². The van der Waals surface area contributed by atoms with E-state index >= 15 is 0 Å². The predicted molar refractivity (Wildman–Crippen MR) is 203 cm³/mol. The minimum absolute atomic E-state index is 0.0580. The summed E-state index contributed by atoms with van der Waals surface area (Å²) in [4.78, 5) is 1.24. The quantitative estimate of drug-likeness (QED) is 0.0718. The van der Waals surface area contributed by atoms with E-state index in [2.05, 4.69) is 69.2 Å². The topological polar surface area (TPSA) is 0 Å². The Morgan fingerprint density at radius 3 is 0.500 bits per heavy atom. The zero-order valence-electron chi connectivity index (χ0n) is 29.8. The van der Waals surface area contributed by atoms with Crippen LogP contribution >= 0.6 is 31.7 Å². The van der Waals surface area contributed by atoms with Crippen LogP contribution in [0.2, 0.25) is 0 Å². The zero-order valence-corrected chi connectivity index (χ0v) is 33.3. The molecule has 0 aromatic heterocycles. The standard InChI is InChI=1S/C36H78P4/c1-11-19-27-37(28-20-12-2)35(9,38(29-21-13-3)30-22-14-4)36(10,39(31-23-15-5)32-24-16-6)40(33-25-17-7)34-26-18-8/h11-34H2,1-10H3. The lowest BCUT2D eigenvalue weighted by atomic mass is 10.3. The molecule has 40 heavy (non-hydrogen) atoms. The lowest BCUT2D eigenvalue weighted by molar-refractivity contribution is 0.708. The van der Waals surface area contributed by atoms with Crippen molar-refractivity contribution in [1.82, 2.24) is 0 Å². The van der Waals surface area contributed by atoms with E-state index in [0.717, 1.165) is 0 Å². The summed E-state index contributed by atoms with van der Waals surface area (Å²) in [5.41, 5.74) is 0. The third-order valence-corrected chi connectivity index (χ3v) is 27.3. The molecule has 0 aliphatic carbocycles. The molecule has 0 radical (unpaired) electrons. The number of hydrogen-bond donors (Lipinski definition) is 0. The Morgan fingerprint density at radius 1 is 0.275 bits per heavy atom. The maximum absolute atomic E-state index is 3.03. The number of hydrogen-bond acceptors (Lipinski definition) is 0. The van der Waals surface area contributed by atoms with Gasteiger partial charge in [-0.2, -0.15) is 0 Å².